The van der Waals surface area contributed by atoms with E-state index in [4.69, 9.17) is 10.5 Å². The van der Waals surface area contributed by atoms with Gasteiger partial charge in [-0.2, -0.15) is 0 Å². The van der Waals surface area contributed by atoms with Gasteiger partial charge in [-0.3, -0.25) is 0 Å². The highest BCUT2D eigenvalue weighted by Gasteiger charge is 2.00. The number of benzene rings is 2. The van der Waals surface area contributed by atoms with Crippen molar-refractivity contribution in [2.24, 2.45) is 0 Å². The summed E-state index contributed by atoms with van der Waals surface area (Å²) < 4.78 is 7.66. The van der Waals surface area contributed by atoms with Crippen LogP contribution in [0.1, 0.15) is 11.1 Å². The van der Waals surface area contributed by atoms with Crippen LogP contribution in [0.5, 0.6) is 5.75 Å². The van der Waals surface area contributed by atoms with Crippen molar-refractivity contribution < 1.29 is 4.74 Å². The summed E-state index contributed by atoms with van der Waals surface area (Å²) in [7, 11) is 0. The van der Waals surface area contributed by atoms with Crippen molar-refractivity contribution >= 4 is 5.95 Å². The zero-order valence-electron chi connectivity index (χ0n) is 11.6. The Bertz CT molecular complexity index is 690. The molecule has 21 heavy (non-hydrogen) atoms. The molecular formula is C17H17N3O. The summed E-state index contributed by atoms with van der Waals surface area (Å²) in [5, 5.41) is 0. The van der Waals surface area contributed by atoms with Gasteiger partial charge in [0, 0.05) is 12.4 Å². The number of anilines is 1. The molecule has 0 aliphatic carbocycles. The molecule has 3 aromatic rings. The van der Waals surface area contributed by atoms with Crippen molar-refractivity contribution in [2.45, 2.75) is 13.2 Å². The number of hydrogen-bond donors (Lipinski definition) is 1. The van der Waals surface area contributed by atoms with Crippen LogP contribution in [-0.2, 0) is 13.2 Å². The molecular weight excluding hydrogens is 262 g/mol. The van der Waals surface area contributed by atoms with Crippen molar-refractivity contribution in [1.82, 2.24) is 9.55 Å². The minimum atomic E-state index is 0.527. The molecule has 0 spiro atoms. The summed E-state index contributed by atoms with van der Waals surface area (Å²) >= 11 is 0. The number of aromatic nitrogens is 2. The first-order chi connectivity index (χ1) is 10.3. The number of imidazole rings is 1. The molecule has 2 N–H and O–H groups in total. The Labute approximate surface area is 123 Å². The molecule has 0 aliphatic heterocycles. The Morgan fingerprint density at radius 3 is 2.38 bits per heavy atom. The minimum Gasteiger partial charge on any atom is -0.489 e. The molecule has 4 heteroatoms. The van der Waals surface area contributed by atoms with Crippen LogP contribution < -0.4 is 10.5 Å². The Morgan fingerprint density at radius 2 is 1.71 bits per heavy atom. The Kier molecular flexibility index (Phi) is 3.87. The lowest BCUT2D eigenvalue weighted by Crippen LogP contribution is -2.03. The monoisotopic (exact) mass is 279 g/mol. The van der Waals surface area contributed by atoms with Gasteiger partial charge < -0.3 is 15.0 Å². The average molecular weight is 279 g/mol. The molecule has 0 saturated carbocycles. The highest BCUT2D eigenvalue weighted by Crippen LogP contribution is 2.15. The van der Waals surface area contributed by atoms with Gasteiger partial charge in [-0.15, -0.1) is 0 Å². The fraction of sp³-hybridized carbons (Fsp3) is 0.118. The molecule has 0 aliphatic rings. The van der Waals surface area contributed by atoms with Crippen molar-refractivity contribution in [3.8, 4) is 5.75 Å². The third-order valence-electron chi connectivity index (χ3n) is 3.27. The molecule has 106 valence electrons. The third kappa shape index (κ3) is 3.42. The first kappa shape index (κ1) is 13.2. The fourth-order valence-corrected chi connectivity index (χ4v) is 2.10. The van der Waals surface area contributed by atoms with E-state index in [-0.39, 0.29) is 0 Å². The van der Waals surface area contributed by atoms with E-state index in [0.717, 1.165) is 16.9 Å². The van der Waals surface area contributed by atoms with E-state index in [1.54, 1.807) is 6.20 Å². The maximum atomic E-state index is 5.76. The van der Waals surface area contributed by atoms with E-state index in [2.05, 4.69) is 17.1 Å². The summed E-state index contributed by atoms with van der Waals surface area (Å²) in [4.78, 5) is 4.01. The van der Waals surface area contributed by atoms with E-state index < -0.39 is 0 Å². The van der Waals surface area contributed by atoms with Crippen LogP contribution in [0.15, 0.2) is 67.0 Å². The average Bonchev–Trinajstić information content (AvgIpc) is 2.93. The van der Waals surface area contributed by atoms with E-state index >= 15 is 0 Å². The molecule has 0 amide bonds. The number of nitrogens with two attached hydrogens (primary N) is 1. The highest BCUT2D eigenvalue weighted by atomic mass is 16.5. The van der Waals surface area contributed by atoms with Crippen molar-refractivity contribution in [3.05, 3.63) is 78.1 Å². The summed E-state index contributed by atoms with van der Waals surface area (Å²) in [5.74, 6) is 1.39. The SMILES string of the molecule is Nc1nccn1Cc1ccc(OCc2ccccc2)cc1. The Hall–Kier alpha value is -2.75. The van der Waals surface area contributed by atoms with E-state index in [0.29, 0.717) is 19.1 Å². The summed E-state index contributed by atoms with van der Waals surface area (Å²) in [6.45, 7) is 1.29. The Morgan fingerprint density at radius 1 is 0.952 bits per heavy atom. The van der Waals surface area contributed by atoms with Gasteiger partial charge in [0.1, 0.15) is 12.4 Å². The first-order valence-corrected chi connectivity index (χ1v) is 6.83. The van der Waals surface area contributed by atoms with Crippen LogP contribution in [0.3, 0.4) is 0 Å². The quantitative estimate of drug-likeness (QED) is 0.780. The molecule has 1 heterocycles. The van der Waals surface area contributed by atoms with Crippen molar-refractivity contribution in [1.29, 1.82) is 0 Å². The van der Waals surface area contributed by atoms with Crippen LogP contribution in [0.25, 0.3) is 0 Å². The third-order valence-corrected chi connectivity index (χ3v) is 3.27. The van der Waals surface area contributed by atoms with Crippen LogP contribution in [0.2, 0.25) is 0 Å². The fourth-order valence-electron chi connectivity index (χ4n) is 2.10. The lowest BCUT2D eigenvalue weighted by atomic mass is 10.2. The topological polar surface area (TPSA) is 53.1 Å². The van der Waals surface area contributed by atoms with Crippen molar-refractivity contribution in [3.63, 3.8) is 0 Å². The van der Waals surface area contributed by atoms with Crippen LogP contribution in [0, 0.1) is 0 Å². The highest BCUT2D eigenvalue weighted by molar-refractivity contribution is 5.29. The molecule has 1 aromatic heterocycles. The Balaban J connectivity index is 1.60. The molecule has 0 bridgehead atoms. The molecule has 0 atom stereocenters. The van der Waals surface area contributed by atoms with Gasteiger partial charge in [0.25, 0.3) is 0 Å². The van der Waals surface area contributed by atoms with Gasteiger partial charge in [-0.05, 0) is 23.3 Å². The maximum Gasteiger partial charge on any atom is 0.200 e. The van der Waals surface area contributed by atoms with Gasteiger partial charge in [-0.1, -0.05) is 42.5 Å². The molecule has 4 nitrogen and oxygen atoms in total. The van der Waals surface area contributed by atoms with Crippen LogP contribution in [0.4, 0.5) is 5.95 Å². The standard InChI is InChI=1S/C17H17N3O/c18-17-19-10-11-20(17)12-14-6-8-16(9-7-14)21-13-15-4-2-1-3-5-15/h1-11H,12-13H2,(H2,18,19). The first-order valence-electron chi connectivity index (χ1n) is 6.83. The van der Waals surface area contributed by atoms with E-state index in [1.165, 1.54) is 0 Å². The predicted octanol–water partition coefficient (Wildman–Crippen LogP) is 3.09. The molecule has 3 rings (SSSR count). The number of hydrogen-bond acceptors (Lipinski definition) is 3. The number of nitrogens with zero attached hydrogens (tertiary/aromatic N) is 2. The summed E-state index contributed by atoms with van der Waals surface area (Å²) in [5.41, 5.74) is 8.08. The zero-order chi connectivity index (χ0) is 14.5. The van der Waals surface area contributed by atoms with E-state index in [9.17, 15) is 0 Å². The number of rotatable bonds is 5. The summed E-state index contributed by atoms with van der Waals surface area (Å²) in [6, 6.07) is 18.2. The predicted molar refractivity (Wildman–Crippen MR) is 83.0 cm³/mol. The number of nitrogen functional groups attached to an aromatic ring is 1. The molecule has 2 aromatic carbocycles. The number of ether oxygens (including phenoxy) is 1. The zero-order valence-corrected chi connectivity index (χ0v) is 11.6. The molecule has 0 saturated heterocycles. The van der Waals surface area contributed by atoms with Crippen LogP contribution >= 0.6 is 0 Å². The lowest BCUT2D eigenvalue weighted by Gasteiger charge is -2.08. The summed E-state index contributed by atoms with van der Waals surface area (Å²) in [6.07, 6.45) is 3.57. The van der Waals surface area contributed by atoms with Gasteiger partial charge in [-0.25, -0.2) is 4.98 Å². The van der Waals surface area contributed by atoms with Crippen molar-refractivity contribution in [2.75, 3.05) is 5.73 Å². The van der Waals surface area contributed by atoms with Gasteiger partial charge in [0.15, 0.2) is 5.95 Å². The van der Waals surface area contributed by atoms with Crippen LogP contribution in [-0.4, -0.2) is 9.55 Å². The molecule has 0 radical (unpaired) electrons. The van der Waals surface area contributed by atoms with Gasteiger partial charge >= 0.3 is 0 Å². The lowest BCUT2D eigenvalue weighted by molar-refractivity contribution is 0.306. The largest absolute Gasteiger partial charge is 0.489 e. The second-order valence-electron chi connectivity index (χ2n) is 4.83. The normalized spacial score (nSPS) is 10.5. The second-order valence-corrected chi connectivity index (χ2v) is 4.83. The minimum absolute atomic E-state index is 0.527. The van der Waals surface area contributed by atoms with E-state index in [1.807, 2.05) is 53.2 Å². The van der Waals surface area contributed by atoms with Gasteiger partial charge in [0.05, 0.1) is 6.54 Å². The van der Waals surface area contributed by atoms with Gasteiger partial charge in [0.2, 0.25) is 0 Å². The second kappa shape index (κ2) is 6.13. The molecule has 0 unspecified atom stereocenters. The smallest absolute Gasteiger partial charge is 0.200 e. The molecule has 0 fully saturated rings. The maximum absolute atomic E-state index is 5.76.